The maximum absolute atomic E-state index is 10.3. The van der Waals surface area contributed by atoms with Crippen LogP contribution in [0.3, 0.4) is 0 Å². The average Bonchev–Trinajstić information content (AvgIpc) is 3.49. The summed E-state index contributed by atoms with van der Waals surface area (Å²) in [6.07, 6.45) is 7.96. The molecule has 11 nitrogen and oxygen atoms in total. The average molecular weight is 382 g/mol. The lowest BCUT2D eigenvalue weighted by molar-refractivity contribution is -0.0511. The van der Waals surface area contributed by atoms with Crippen LogP contribution in [0, 0.1) is 31.6 Å². The molecule has 1 saturated carbocycles. The zero-order valence-corrected chi connectivity index (χ0v) is 14.4. The number of aromatic nitrogens is 7. The van der Waals surface area contributed by atoms with Gasteiger partial charge in [0.25, 0.3) is 0 Å². The van der Waals surface area contributed by atoms with Crippen molar-refractivity contribution in [3.05, 3.63) is 56.1 Å². The number of hydrogen-bond donors (Lipinski definition) is 3. The summed E-state index contributed by atoms with van der Waals surface area (Å²) in [6, 6.07) is 0. The van der Waals surface area contributed by atoms with Gasteiger partial charge in [0.05, 0.1) is 24.8 Å². The molecule has 3 aromatic rings. The van der Waals surface area contributed by atoms with Crippen LogP contribution in [-0.4, -0.2) is 74.8 Å². The van der Waals surface area contributed by atoms with Crippen LogP contribution in [0.4, 0.5) is 0 Å². The van der Waals surface area contributed by atoms with Gasteiger partial charge in [0, 0.05) is 5.92 Å². The van der Waals surface area contributed by atoms with Crippen LogP contribution in [0.15, 0.2) is 18.9 Å². The van der Waals surface area contributed by atoms with E-state index < -0.39 is 31.1 Å². The first-order valence-corrected chi connectivity index (χ1v) is 8.62. The van der Waals surface area contributed by atoms with Crippen molar-refractivity contribution >= 4 is 11.2 Å². The molecule has 4 heterocycles. The smallest absolute Gasteiger partial charge is 0.186 e. The van der Waals surface area contributed by atoms with Gasteiger partial charge in [-0.25, -0.2) is 15.0 Å². The fourth-order valence-corrected chi connectivity index (χ4v) is 3.35. The molecule has 143 valence electrons. The first kappa shape index (κ1) is 17.6. The Morgan fingerprint density at radius 1 is 1.07 bits per heavy atom. The molecular formula is C17H16N7O4. The molecule has 5 radical (unpaired) electrons. The number of rotatable bonds is 4. The molecule has 1 saturated heterocycles. The first-order valence-electron chi connectivity index (χ1n) is 8.62. The van der Waals surface area contributed by atoms with E-state index in [4.69, 9.17) is 4.74 Å². The van der Waals surface area contributed by atoms with E-state index in [-0.39, 0.29) is 0 Å². The molecule has 11 heteroatoms. The Morgan fingerprint density at radius 2 is 1.89 bits per heavy atom. The minimum absolute atomic E-state index is 0.394. The van der Waals surface area contributed by atoms with Crippen LogP contribution in [0.5, 0.6) is 0 Å². The van der Waals surface area contributed by atoms with E-state index in [0.29, 0.717) is 22.7 Å². The molecule has 2 aliphatic rings. The monoisotopic (exact) mass is 382 g/mol. The molecule has 28 heavy (non-hydrogen) atoms. The fraction of sp³-hybridized carbons (Fsp3) is 0.294. The topological polar surface area (TPSA) is 144 Å². The molecule has 1 aliphatic heterocycles. The summed E-state index contributed by atoms with van der Waals surface area (Å²) in [6.45, 7) is -0.412. The highest BCUT2D eigenvalue weighted by atomic mass is 16.6. The molecule has 0 amide bonds. The molecule has 3 N–H and O–H groups in total. The van der Waals surface area contributed by atoms with Gasteiger partial charge in [-0.15, -0.1) is 5.10 Å². The Hall–Kier alpha value is -2.47. The van der Waals surface area contributed by atoms with Crippen molar-refractivity contribution < 1.29 is 20.1 Å². The van der Waals surface area contributed by atoms with Crippen molar-refractivity contribution in [1.29, 1.82) is 0 Å². The number of nitrogens with zero attached hydrogens (tertiary/aromatic N) is 7. The van der Waals surface area contributed by atoms with Crippen LogP contribution in [0.1, 0.15) is 11.9 Å². The van der Waals surface area contributed by atoms with Gasteiger partial charge >= 0.3 is 0 Å². The highest BCUT2D eigenvalue weighted by molar-refractivity contribution is 5.78. The Balaban J connectivity index is 1.51. The Morgan fingerprint density at radius 3 is 2.64 bits per heavy atom. The van der Waals surface area contributed by atoms with Gasteiger partial charge in [0.2, 0.25) is 0 Å². The Bertz CT molecular complexity index is 983. The molecule has 0 bridgehead atoms. The zero-order valence-electron chi connectivity index (χ0n) is 14.4. The molecule has 2 fully saturated rings. The highest BCUT2D eigenvalue weighted by Crippen LogP contribution is 2.32. The maximum atomic E-state index is 10.3. The van der Waals surface area contributed by atoms with Crippen molar-refractivity contribution in [2.75, 3.05) is 6.61 Å². The molecular weight excluding hydrogens is 366 g/mol. The third-order valence-electron chi connectivity index (χ3n) is 4.80. The fourth-order valence-electron chi connectivity index (χ4n) is 3.35. The summed E-state index contributed by atoms with van der Waals surface area (Å²) in [4.78, 5) is 12.8. The standard InChI is InChI=1S/C17H16N7O4/c25-6-11-13(26)14(27)17(28-11)23-8-20-12-15(23)18-7-19-16(12)24-5-10(21-22-24)9-3-1-2-4-9/h1-5,7-8,11,13-14,17,25-27H,6H2/t11-,13-,14-,17-/m1/s1. The first-order chi connectivity index (χ1) is 13.7. The second kappa shape index (κ2) is 6.85. The van der Waals surface area contributed by atoms with Crippen LogP contribution >= 0.6 is 0 Å². The van der Waals surface area contributed by atoms with Crippen LogP contribution in [0.2, 0.25) is 0 Å². The molecule has 3 aromatic heterocycles. The summed E-state index contributed by atoms with van der Waals surface area (Å²) in [5, 5.41) is 37.9. The predicted octanol–water partition coefficient (Wildman–Crippen LogP) is -1.23. The summed E-state index contributed by atoms with van der Waals surface area (Å²) in [5.74, 6) is 1.36. The lowest BCUT2D eigenvalue weighted by Crippen LogP contribution is -2.33. The lowest BCUT2D eigenvalue weighted by Gasteiger charge is -2.16. The predicted molar refractivity (Wildman–Crippen MR) is 92.8 cm³/mol. The summed E-state index contributed by atoms with van der Waals surface area (Å²) < 4.78 is 8.56. The summed E-state index contributed by atoms with van der Waals surface area (Å²) in [7, 11) is 0. The summed E-state index contributed by atoms with van der Waals surface area (Å²) >= 11 is 0. The molecule has 0 unspecified atom stereocenters. The van der Waals surface area contributed by atoms with E-state index in [0.717, 1.165) is 5.92 Å². The normalized spacial score (nSPS) is 28.5. The second-order valence-electron chi connectivity index (χ2n) is 6.47. The van der Waals surface area contributed by atoms with E-state index in [1.54, 1.807) is 6.20 Å². The zero-order chi connectivity index (χ0) is 19.3. The molecule has 1 aliphatic carbocycles. The number of imidazole rings is 1. The van der Waals surface area contributed by atoms with Crippen LogP contribution < -0.4 is 0 Å². The highest BCUT2D eigenvalue weighted by Gasteiger charge is 2.44. The minimum Gasteiger partial charge on any atom is -0.394 e. The third kappa shape index (κ3) is 2.70. The quantitative estimate of drug-likeness (QED) is 0.505. The second-order valence-corrected chi connectivity index (χ2v) is 6.47. The van der Waals surface area contributed by atoms with Crippen LogP contribution in [0.25, 0.3) is 17.0 Å². The largest absolute Gasteiger partial charge is 0.394 e. The van der Waals surface area contributed by atoms with Gasteiger partial charge in [-0.3, -0.25) is 4.57 Å². The summed E-state index contributed by atoms with van der Waals surface area (Å²) in [5.41, 5.74) is 1.52. The van der Waals surface area contributed by atoms with E-state index in [1.807, 2.05) is 25.7 Å². The van der Waals surface area contributed by atoms with Gasteiger partial charge in [-0.2, -0.15) is 4.68 Å². The maximum Gasteiger partial charge on any atom is 0.186 e. The molecule has 5 rings (SSSR count). The number of aliphatic hydroxyl groups is 3. The van der Waals surface area contributed by atoms with E-state index in [2.05, 4.69) is 25.3 Å². The molecule has 4 atom stereocenters. The van der Waals surface area contributed by atoms with Gasteiger partial charge in [0.15, 0.2) is 23.2 Å². The van der Waals surface area contributed by atoms with E-state index in [1.165, 1.54) is 21.9 Å². The Labute approximate surface area is 159 Å². The Kier molecular flexibility index (Phi) is 4.31. The van der Waals surface area contributed by atoms with Crippen molar-refractivity contribution in [3.63, 3.8) is 0 Å². The van der Waals surface area contributed by atoms with Crippen molar-refractivity contribution in [1.82, 2.24) is 34.5 Å². The molecule has 0 spiro atoms. The lowest BCUT2D eigenvalue weighted by atomic mass is 10.1. The molecule has 0 aromatic carbocycles. The number of ether oxygens (including phenoxy) is 1. The van der Waals surface area contributed by atoms with E-state index in [9.17, 15) is 15.3 Å². The van der Waals surface area contributed by atoms with E-state index >= 15 is 0 Å². The minimum atomic E-state index is -1.23. The van der Waals surface area contributed by atoms with Crippen molar-refractivity contribution in [2.24, 2.45) is 0 Å². The number of fused-ring (bicyclic) bond motifs is 1. The SMILES string of the molecule is OC[C@H]1O[C@@H](n2cnc3c(-n4cc([C]5[CH][CH][CH][CH]5)nn4)ncnc32)[C@H](O)[C@@H]1O. The van der Waals surface area contributed by atoms with Gasteiger partial charge in [-0.05, 0) is 25.7 Å². The number of aliphatic hydroxyl groups excluding tert-OH is 3. The third-order valence-corrected chi connectivity index (χ3v) is 4.80. The van der Waals surface area contributed by atoms with Gasteiger partial charge < -0.3 is 20.1 Å². The van der Waals surface area contributed by atoms with Crippen molar-refractivity contribution in [2.45, 2.75) is 24.5 Å². The van der Waals surface area contributed by atoms with Gasteiger partial charge in [-0.1, -0.05) is 5.21 Å². The number of hydrogen-bond acceptors (Lipinski definition) is 9. The van der Waals surface area contributed by atoms with Gasteiger partial charge in [0.1, 0.15) is 24.6 Å². The van der Waals surface area contributed by atoms with Crippen molar-refractivity contribution in [3.8, 4) is 5.82 Å². The van der Waals surface area contributed by atoms with Crippen LogP contribution in [-0.2, 0) is 4.74 Å².